The maximum absolute atomic E-state index is 2.43. The average molecular weight is 709 g/mol. The lowest BCUT2D eigenvalue weighted by molar-refractivity contribution is 0.658. The molecule has 6 aromatic carbocycles. The molecule has 0 aromatic heterocycles. The summed E-state index contributed by atoms with van der Waals surface area (Å²) in [6.45, 7) is 27.6. The van der Waals surface area contributed by atoms with Gasteiger partial charge in [0.1, 0.15) is 0 Å². The normalized spacial score (nSPS) is 14.5. The van der Waals surface area contributed by atoms with Gasteiger partial charge in [-0.25, -0.2) is 0 Å². The second kappa shape index (κ2) is 14.2. The van der Waals surface area contributed by atoms with Gasteiger partial charge in [0.25, 0.3) is 0 Å². The lowest BCUT2D eigenvalue weighted by Gasteiger charge is -2.23. The van der Waals surface area contributed by atoms with Crippen LogP contribution in [0.4, 0.5) is 0 Å². The second-order valence-corrected chi connectivity index (χ2v) is 18.2. The molecule has 0 saturated heterocycles. The fourth-order valence-electron chi connectivity index (χ4n) is 8.73. The van der Waals surface area contributed by atoms with E-state index < -0.39 is 0 Å². The van der Waals surface area contributed by atoms with Gasteiger partial charge in [0, 0.05) is 10.8 Å². The van der Waals surface area contributed by atoms with E-state index >= 15 is 0 Å². The molecule has 0 spiro atoms. The molecule has 8 rings (SSSR count). The van der Waals surface area contributed by atoms with Crippen LogP contribution in [0, 0.1) is 0 Å². The zero-order chi connectivity index (χ0) is 38.7. The molecule has 0 heteroatoms. The van der Waals surface area contributed by atoms with Crippen molar-refractivity contribution in [3.63, 3.8) is 0 Å². The first-order valence-electron chi connectivity index (χ1n) is 20.4. The highest BCUT2D eigenvalue weighted by atomic mass is 14.4. The molecular formula is C54H60. The number of rotatable bonds is 6. The third-order valence-electron chi connectivity index (χ3n) is 12.5. The zero-order valence-corrected chi connectivity index (χ0v) is 34.9. The summed E-state index contributed by atoms with van der Waals surface area (Å²) in [7, 11) is 0. The fraction of sp³-hybridized carbons (Fsp3) is 0.333. The molecule has 2 aliphatic rings. The zero-order valence-electron chi connectivity index (χ0n) is 34.9. The molecule has 6 aromatic rings. The Morgan fingerprint density at radius 3 is 1.04 bits per heavy atom. The van der Waals surface area contributed by atoms with Crippen molar-refractivity contribution >= 4 is 0 Å². The molecule has 0 N–H and O–H groups in total. The van der Waals surface area contributed by atoms with Crippen LogP contribution in [0.25, 0.3) is 44.5 Å². The molecule has 276 valence electrons. The first-order valence-corrected chi connectivity index (χ1v) is 20.4. The molecule has 0 bridgehead atoms. The summed E-state index contributed by atoms with van der Waals surface area (Å²) >= 11 is 0. The highest BCUT2D eigenvalue weighted by Gasteiger charge is 2.37. The Morgan fingerprint density at radius 1 is 0.296 bits per heavy atom. The van der Waals surface area contributed by atoms with E-state index in [1.165, 1.54) is 89.0 Å². The first-order chi connectivity index (χ1) is 25.6. The second-order valence-electron chi connectivity index (χ2n) is 18.2. The van der Waals surface area contributed by atoms with Crippen LogP contribution in [-0.4, -0.2) is 0 Å². The van der Waals surface area contributed by atoms with Crippen LogP contribution in [-0.2, 0) is 10.8 Å². The number of benzene rings is 6. The third-order valence-corrected chi connectivity index (χ3v) is 12.5. The van der Waals surface area contributed by atoms with Gasteiger partial charge >= 0.3 is 0 Å². The van der Waals surface area contributed by atoms with Crippen LogP contribution in [0.1, 0.15) is 151 Å². The Labute approximate surface area is 326 Å². The quantitative estimate of drug-likeness (QED) is 0.162. The van der Waals surface area contributed by atoms with Crippen molar-refractivity contribution in [2.45, 2.75) is 118 Å². The van der Waals surface area contributed by atoms with Gasteiger partial charge in [0.2, 0.25) is 0 Å². The monoisotopic (exact) mass is 708 g/mol. The van der Waals surface area contributed by atoms with E-state index in [4.69, 9.17) is 0 Å². The SMILES string of the molecule is CC(C)c1ccc(-c2ccc3c(c2)C(C)(C)c2cc(C(C)C)ccc2-3)cc1.CC(C)c1cccc(-c2ccc3c(c2)C(C)(C)c2cc(C(C)C)ccc2-3)c1. The molecule has 0 aliphatic heterocycles. The molecular weight excluding hydrogens is 649 g/mol. The lowest BCUT2D eigenvalue weighted by atomic mass is 9.80. The van der Waals surface area contributed by atoms with Gasteiger partial charge in [-0.1, -0.05) is 192 Å². The van der Waals surface area contributed by atoms with Crippen LogP contribution < -0.4 is 0 Å². The molecule has 0 atom stereocenters. The first kappa shape index (κ1) is 37.6. The van der Waals surface area contributed by atoms with Gasteiger partial charge < -0.3 is 0 Å². The number of hydrogen-bond donors (Lipinski definition) is 0. The molecule has 0 nitrogen and oxygen atoms in total. The highest BCUT2D eigenvalue weighted by Crippen LogP contribution is 2.51. The summed E-state index contributed by atoms with van der Waals surface area (Å²) in [4.78, 5) is 0. The predicted molar refractivity (Wildman–Crippen MR) is 235 cm³/mol. The Morgan fingerprint density at radius 2 is 0.611 bits per heavy atom. The van der Waals surface area contributed by atoms with Crippen LogP contribution >= 0.6 is 0 Å². The number of fused-ring (bicyclic) bond motifs is 6. The average Bonchev–Trinajstić information content (AvgIpc) is 3.53. The molecule has 0 fully saturated rings. The smallest absolute Gasteiger partial charge is 0.0159 e. The Bertz CT molecular complexity index is 2320. The summed E-state index contributed by atoms with van der Waals surface area (Å²) in [5, 5.41) is 0. The van der Waals surface area contributed by atoms with Crippen molar-refractivity contribution in [2.75, 3.05) is 0 Å². The fourth-order valence-corrected chi connectivity index (χ4v) is 8.73. The minimum Gasteiger partial charge on any atom is -0.0614 e. The van der Waals surface area contributed by atoms with Crippen LogP contribution in [0.2, 0.25) is 0 Å². The Hall–Kier alpha value is -4.68. The molecule has 0 unspecified atom stereocenters. The van der Waals surface area contributed by atoms with Crippen molar-refractivity contribution in [3.8, 4) is 44.5 Å². The van der Waals surface area contributed by atoms with Crippen molar-refractivity contribution < 1.29 is 0 Å². The van der Waals surface area contributed by atoms with Crippen LogP contribution in [0.15, 0.2) is 121 Å². The van der Waals surface area contributed by atoms with E-state index in [9.17, 15) is 0 Å². The summed E-state index contributed by atoms with van der Waals surface area (Å²) in [6, 6.07) is 46.2. The Balaban J connectivity index is 0.000000167. The summed E-state index contributed by atoms with van der Waals surface area (Å²) in [5.41, 5.74) is 22.4. The van der Waals surface area contributed by atoms with Crippen molar-refractivity contribution in [1.82, 2.24) is 0 Å². The topological polar surface area (TPSA) is 0 Å². The van der Waals surface area contributed by atoms with E-state index in [1.807, 2.05) is 0 Å². The molecule has 54 heavy (non-hydrogen) atoms. The number of hydrogen-bond acceptors (Lipinski definition) is 0. The molecule has 0 saturated carbocycles. The van der Waals surface area contributed by atoms with E-state index in [0.717, 1.165) is 0 Å². The van der Waals surface area contributed by atoms with Crippen LogP contribution in [0.3, 0.4) is 0 Å². The summed E-state index contributed by atoms with van der Waals surface area (Å²) in [6.07, 6.45) is 0. The maximum atomic E-state index is 2.43. The van der Waals surface area contributed by atoms with Crippen molar-refractivity contribution in [1.29, 1.82) is 0 Å². The maximum Gasteiger partial charge on any atom is 0.0159 e. The van der Waals surface area contributed by atoms with E-state index in [1.54, 1.807) is 0 Å². The van der Waals surface area contributed by atoms with Gasteiger partial charge in [0.05, 0.1) is 0 Å². The van der Waals surface area contributed by atoms with Crippen LogP contribution in [0.5, 0.6) is 0 Å². The van der Waals surface area contributed by atoms with E-state index in [2.05, 4.69) is 204 Å². The molecule has 0 radical (unpaired) electrons. The van der Waals surface area contributed by atoms with E-state index in [-0.39, 0.29) is 10.8 Å². The largest absolute Gasteiger partial charge is 0.0614 e. The highest BCUT2D eigenvalue weighted by molar-refractivity contribution is 5.85. The van der Waals surface area contributed by atoms with Gasteiger partial charge in [0.15, 0.2) is 0 Å². The summed E-state index contributed by atoms with van der Waals surface area (Å²) in [5.74, 6) is 2.24. The van der Waals surface area contributed by atoms with Crippen molar-refractivity contribution in [3.05, 3.63) is 166 Å². The predicted octanol–water partition coefficient (Wildman–Crippen LogP) is 15.8. The third kappa shape index (κ3) is 6.68. The minimum atomic E-state index is 0.0429. The van der Waals surface area contributed by atoms with Gasteiger partial charge in [-0.3, -0.25) is 0 Å². The lowest BCUT2D eigenvalue weighted by Crippen LogP contribution is -2.15. The summed E-state index contributed by atoms with van der Waals surface area (Å²) < 4.78 is 0. The minimum absolute atomic E-state index is 0.0429. The van der Waals surface area contributed by atoms with Crippen molar-refractivity contribution in [2.24, 2.45) is 0 Å². The molecule has 0 amide bonds. The van der Waals surface area contributed by atoms with Gasteiger partial charge in [-0.2, -0.15) is 0 Å². The van der Waals surface area contributed by atoms with Gasteiger partial charge in [-0.15, -0.1) is 0 Å². The molecule has 2 aliphatic carbocycles. The van der Waals surface area contributed by atoms with E-state index in [0.29, 0.717) is 23.7 Å². The molecule has 0 heterocycles. The van der Waals surface area contributed by atoms with Gasteiger partial charge in [-0.05, 0) is 125 Å². The Kier molecular flexibility index (Phi) is 9.89. The standard InChI is InChI=1S/2C27H30/c1-17(2)19-7-9-20(10-8-19)22-12-14-24-23-13-11-21(18(3)4)15-25(23)27(5,6)26(24)16-22;1-17(2)19-8-7-9-21(14-19)22-11-13-24-23-12-10-20(18(3)4)15-25(23)27(5,6)26(24)16-22/h2*7-18H,1-6H3.